The summed E-state index contributed by atoms with van der Waals surface area (Å²) in [6.45, 7) is 0. The first-order chi connectivity index (χ1) is 26.4. The topological polar surface area (TPSA) is 82.9 Å². The number of benzene rings is 4. The van der Waals surface area contributed by atoms with Gasteiger partial charge in [-0.05, 0) is 149 Å². The second-order valence-corrected chi connectivity index (χ2v) is 18.4. The van der Waals surface area contributed by atoms with Crippen LogP contribution in [-0.4, -0.2) is 23.2 Å². The number of aliphatic imine (C=N–C) groups is 2. The third-order valence-corrected chi connectivity index (χ3v) is 14.6. The van der Waals surface area contributed by atoms with Crippen molar-refractivity contribution in [3.63, 3.8) is 0 Å². The van der Waals surface area contributed by atoms with Gasteiger partial charge in [-0.1, -0.05) is 60.7 Å². The monoisotopic (exact) mass is 712 g/mol. The van der Waals surface area contributed by atoms with Gasteiger partial charge in [0, 0.05) is 33.6 Å². The van der Waals surface area contributed by atoms with Crippen molar-refractivity contribution in [2.24, 2.45) is 56.3 Å². The number of nitrogens with zero attached hydrogens (tertiary/aromatic N) is 2. The van der Waals surface area contributed by atoms with E-state index in [2.05, 4.69) is 47.0 Å². The van der Waals surface area contributed by atoms with E-state index in [0.717, 1.165) is 95.0 Å². The minimum atomic E-state index is -0.240. The average Bonchev–Trinajstić information content (AvgIpc) is 3.16. The van der Waals surface area contributed by atoms with Crippen LogP contribution in [0.4, 0.5) is 22.7 Å². The maximum atomic E-state index is 14.2. The third kappa shape index (κ3) is 5.50. The molecule has 8 aliphatic carbocycles. The van der Waals surface area contributed by atoms with Crippen LogP contribution in [0.25, 0.3) is 0 Å². The zero-order valence-electron chi connectivity index (χ0n) is 30.9. The lowest BCUT2D eigenvalue weighted by Gasteiger charge is -2.55. The zero-order valence-corrected chi connectivity index (χ0v) is 30.9. The Morgan fingerprint density at radius 3 is 1.13 bits per heavy atom. The molecular formula is C48H48N4O2. The van der Waals surface area contributed by atoms with E-state index in [-0.39, 0.29) is 22.6 Å². The number of nitrogens with one attached hydrogen (secondary N) is 2. The Hall–Kier alpha value is -4.84. The minimum Gasteiger partial charge on any atom is -0.326 e. The minimum absolute atomic E-state index is 0.188. The summed E-state index contributed by atoms with van der Waals surface area (Å²) in [6.07, 6.45) is 14.0. The number of carbonyl (C=O) groups excluding carboxylic acids is 2. The lowest BCUT2D eigenvalue weighted by Crippen LogP contribution is -2.51. The molecule has 9 aliphatic rings. The molecule has 8 bridgehead atoms. The fourth-order valence-electron chi connectivity index (χ4n) is 13.1. The van der Waals surface area contributed by atoms with Crippen LogP contribution >= 0.6 is 0 Å². The van der Waals surface area contributed by atoms with Crippen LogP contribution in [0, 0.1) is 46.3 Å². The SMILES string of the molecule is O=C(Nc1ccc2c(c1)C(c1ccccc1)=Nc1ccc(NC(=O)C34CC5CC(CC(C5)C3)C4)cc1C(c1ccccc1)=N2)C12CC3CC(CC(C3)C1)C2. The van der Waals surface area contributed by atoms with E-state index in [1.54, 1.807) is 0 Å². The van der Waals surface area contributed by atoms with Crippen molar-refractivity contribution in [3.8, 4) is 0 Å². The van der Waals surface area contributed by atoms with Gasteiger partial charge >= 0.3 is 0 Å². The quantitative estimate of drug-likeness (QED) is 0.184. The molecule has 2 N–H and O–H groups in total. The van der Waals surface area contributed by atoms with Gasteiger partial charge in [0.1, 0.15) is 0 Å². The summed E-state index contributed by atoms with van der Waals surface area (Å²) < 4.78 is 0. The number of amides is 2. The van der Waals surface area contributed by atoms with E-state index in [1.165, 1.54) is 38.5 Å². The second-order valence-electron chi connectivity index (χ2n) is 18.4. The van der Waals surface area contributed by atoms with E-state index < -0.39 is 0 Å². The Balaban J connectivity index is 0.988. The van der Waals surface area contributed by atoms with Gasteiger partial charge in [-0.2, -0.15) is 0 Å². The molecule has 0 unspecified atom stereocenters. The summed E-state index contributed by atoms with van der Waals surface area (Å²) >= 11 is 0. The Kier molecular flexibility index (Phi) is 7.45. The molecule has 4 aromatic carbocycles. The third-order valence-electron chi connectivity index (χ3n) is 14.6. The number of hydrogen-bond donors (Lipinski definition) is 2. The Bertz CT molecular complexity index is 2010. The van der Waals surface area contributed by atoms with Crippen molar-refractivity contribution in [1.29, 1.82) is 0 Å². The molecule has 8 fully saturated rings. The lowest BCUT2D eigenvalue weighted by atomic mass is 9.49. The Morgan fingerprint density at radius 2 is 0.796 bits per heavy atom. The predicted molar refractivity (Wildman–Crippen MR) is 215 cm³/mol. The summed E-state index contributed by atoms with van der Waals surface area (Å²) in [5.41, 5.74) is 8.00. The van der Waals surface area contributed by atoms with E-state index in [4.69, 9.17) is 9.98 Å². The molecule has 8 saturated carbocycles. The van der Waals surface area contributed by atoms with Gasteiger partial charge in [0.05, 0.1) is 33.6 Å². The Labute approximate surface area is 318 Å². The maximum absolute atomic E-state index is 14.2. The summed E-state index contributed by atoms with van der Waals surface area (Å²) in [6, 6.07) is 32.8. The fraction of sp³-hybridized carbons (Fsp3) is 0.417. The molecule has 13 rings (SSSR count). The van der Waals surface area contributed by atoms with Crippen LogP contribution in [0.15, 0.2) is 107 Å². The van der Waals surface area contributed by atoms with Gasteiger partial charge in [0.2, 0.25) is 11.8 Å². The Morgan fingerprint density at radius 1 is 0.463 bits per heavy atom. The van der Waals surface area contributed by atoms with Gasteiger partial charge in [0.25, 0.3) is 0 Å². The number of carbonyl (C=O) groups is 2. The summed E-state index contributed by atoms with van der Waals surface area (Å²) in [5, 5.41) is 6.82. The number of anilines is 2. The van der Waals surface area contributed by atoms with Crippen LogP contribution in [-0.2, 0) is 9.59 Å². The number of hydrogen-bond acceptors (Lipinski definition) is 4. The summed E-state index contributed by atoms with van der Waals surface area (Å²) in [7, 11) is 0. The molecule has 54 heavy (non-hydrogen) atoms. The molecule has 1 heterocycles. The molecule has 0 radical (unpaired) electrons. The molecule has 6 heteroatoms. The van der Waals surface area contributed by atoms with Crippen molar-refractivity contribution < 1.29 is 9.59 Å². The van der Waals surface area contributed by atoms with Crippen LogP contribution in [0.5, 0.6) is 0 Å². The molecule has 0 atom stereocenters. The van der Waals surface area contributed by atoms with Crippen molar-refractivity contribution in [2.75, 3.05) is 10.6 Å². The van der Waals surface area contributed by atoms with Crippen molar-refractivity contribution >= 4 is 46.0 Å². The maximum Gasteiger partial charge on any atom is 0.230 e. The lowest BCUT2D eigenvalue weighted by molar-refractivity contribution is -0.141. The fourth-order valence-corrected chi connectivity index (χ4v) is 13.1. The average molecular weight is 713 g/mol. The van der Waals surface area contributed by atoms with Crippen LogP contribution < -0.4 is 10.6 Å². The highest BCUT2D eigenvalue weighted by molar-refractivity contribution is 6.23. The van der Waals surface area contributed by atoms with E-state index in [9.17, 15) is 9.59 Å². The summed E-state index contributed by atoms with van der Waals surface area (Å²) in [5.74, 6) is 4.58. The molecule has 0 aromatic heterocycles. The molecule has 0 saturated heterocycles. The standard InChI is InChI=1S/C48H48N4O2/c53-45(47-23-29-15-30(24-47)17-31(16-29)25-47)49-37-11-13-41-39(21-37)43(35-7-3-1-4-8-35)51-42-14-12-38(22-40(42)44(52-41)36-9-5-2-6-10-36)50-46(54)48-26-32-18-33(27-48)20-34(19-32)28-48/h1-14,21-22,29-34H,15-20,23-28H2,(H,49,53)(H,50,54). The normalized spacial score (nSPS) is 32.4. The first-order valence-electron chi connectivity index (χ1n) is 20.6. The van der Waals surface area contributed by atoms with Gasteiger partial charge < -0.3 is 10.6 Å². The predicted octanol–water partition coefficient (Wildman–Crippen LogP) is 10.6. The van der Waals surface area contributed by atoms with Gasteiger partial charge in [-0.25, -0.2) is 9.98 Å². The molecule has 2 amide bonds. The smallest absolute Gasteiger partial charge is 0.230 e. The van der Waals surface area contributed by atoms with Crippen LogP contribution in [0.2, 0.25) is 0 Å². The van der Waals surface area contributed by atoms with Crippen molar-refractivity contribution in [3.05, 3.63) is 119 Å². The first-order valence-corrected chi connectivity index (χ1v) is 20.6. The zero-order chi connectivity index (χ0) is 36.0. The second kappa shape index (κ2) is 12.3. The highest BCUT2D eigenvalue weighted by Crippen LogP contribution is 2.61. The van der Waals surface area contributed by atoms with E-state index in [1.807, 2.05) is 60.7 Å². The number of rotatable bonds is 6. The summed E-state index contributed by atoms with van der Waals surface area (Å²) in [4.78, 5) is 39.3. The molecule has 4 aromatic rings. The van der Waals surface area contributed by atoms with E-state index >= 15 is 0 Å². The van der Waals surface area contributed by atoms with Crippen LogP contribution in [0.1, 0.15) is 99.3 Å². The number of fused-ring (bicyclic) bond motifs is 2. The highest BCUT2D eigenvalue weighted by atomic mass is 16.2. The van der Waals surface area contributed by atoms with E-state index in [0.29, 0.717) is 35.5 Å². The molecule has 6 nitrogen and oxygen atoms in total. The first kappa shape index (κ1) is 32.6. The molecular weight excluding hydrogens is 665 g/mol. The van der Waals surface area contributed by atoms with Crippen molar-refractivity contribution in [2.45, 2.75) is 77.0 Å². The molecule has 1 aliphatic heterocycles. The molecule has 272 valence electrons. The van der Waals surface area contributed by atoms with Crippen LogP contribution in [0.3, 0.4) is 0 Å². The van der Waals surface area contributed by atoms with Gasteiger partial charge in [-0.3, -0.25) is 9.59 Å². The van der Waals surface area contributed by atoms with Gasteiger partial charge in [-0.15, -0.1) is 0 Å². The van der Waals surface area contributed by atoms with Gasteiger partial charge in [0.15, 0.2) is 0 Å². The largest absolute Gasteiger partial charge is 0.326 e. The highest BCUT2D eigenvalue weighted by Gasteiger charge is 2.56. The van der Waals surface area contributed by atoms with Crippen molar-refractivity contribution in [1.82, 2.24) is 0 Å². The molecule has 0 spiro atoms.